The smallest absolute Gasteiger partial charge is 0.305 e. The van der Waals surface area contributed by atoms with Crippen LogP contribution in [0.15, 0.2) is 22.7 Å². The lowest BCUT2D eigenvalue weighted by Crippen LogP contribution is -2.40. The van der Waals surface area contributed by atoms with Gasteiger partial charge in [0, 0.05) is 11.6 Å². The van der Waals surface area contributed by atoms with Gasteiger partial charge in [0.1, 0.15) is 5.82 Å². The molecule has 1 aromatic rings. The van der Waals surface area contributed by atoms with E-state index in [4.69, 9.17) is 5.11 Å². The lowest BCUT2D eigenvalue weighted by atomic mass is 10.0. The first-order valence-electron chi connectivity index (χ1n) is 5.79. The number of carbonyl (C=O) groups is 2. The van der Waals surface area contributed by atoms with Crippen molar-refractivity contribution in [1.29, 1.82) is 0 Å². The number of nitrogens with one attached hydrogen (secondary N) is 1. The topological polar surface area (TPSA) is 66.4 Å². The van der Waals surface area contributed by atoms with Gasteiger partial charge in [-0.1, -0.05) is 13.8 Å². The quantitative estimate of drug-likeness (QED) is 0.871. The van der Waals surface area contributed by atoms with Gasteiger partial charge >= 0.3 is 5.97 Å². The van der Waals surface area contributed by atoms with E-state index in [-0.39, 0.29) is 22.4 Å². The second kappa shape index (κ2) is 6.65. The Labute approximate surface area is 119 Å². The maximum absolute atomic E-state index is 13.1. The molecule has 6 heteroatoms. The summed E-state index contributed by atoms with van der Waals surface area (Å²) in [6.07, 6.45) is -0.147. The number of carboxylic acids is 1. The zero-order chi connectivity index (χ0) is 14.6. The van der Waals surface area contributed by atoms with Crippen LogP contribution in [0, 0.1) is 11.7 Å². The van der Waals surface area contributed by atoms with Crippen molar-refractivity contribution in [2.75, 3.05) is 0 Å². The Morgan fingerprint density at radius 1 is 1.42 bits per heavy atom. The summed E-state index contributed by atoms with van der Waals surface area (Å²) in [5, 5.41) is 11.4. The van der Waals surface area contributed by atoms with E-state index in [0.717, 1.165) is 0 Å². The van der Waals surface area contributed by atoms with Crippen LogP contribution in [0.25, 0.3) is 0 Å². The molecule has 1 rings (SSSR count). The Morgan fingerprint density at radius 3 is 2.53 bits per heavy atom. The third-order valence-electron chi connectivity index (χ3n) is 2.70. The van der Waals surface area contributed by atoms with Crippen molar-refractivity contribution in [2.45, 2.75) is 26.3 Å². The van der Waals surface area contributed by atoms with Gasteiger partial charge in [0.25, 0.3) is 5.91 Å². The number of hydrogen-bond acceptors (Lipinski definition) is 2. The first kappa shape index (κ1) is 15.6. The minimum atomic E-state index is -0.973. The Morgan fingerprint density at radius 2 is 2.05 bits per heavy atom. The Kier molecular flexibility index (Phi) is 5.47. The van der Waals surface area contributed by atoms with E-state index in [1.165, 1.54) is 18.2 Å². The van der Waals surface area contributed by atoms with E-state index in [1.54, 1.807) is 0 Å². The monoisotopic (exact) mass is 331 g/mol. The molecule has 1 aromatic carbocycles. The molecule has 0 bridgehead atoms. The summed E-state index contributed by atoms with van der Waals surface area (Å²) in [5.74, 6) is -1.86. The van der Waals surface area contributed by atoms with Gasteiger partial charge in [0.15, 0.2) is 0 Å². The van der Waals surface area contributed by atoms with Crippen molar-refractivity contribution in [3.05, 3.63) is 34.1 Å². The van der Waals surface area contributed by atoms with Crippen LogP contribution in [0.5, 0.6) is 0 Å². The van der Waals surface area contributed by atoms with E-state index in [1.807, 2.05) is 13.8 Å². The summed E-state index contributed by atoms with van der Waals surface area (Å²) in [5.41, 5.74) is 0.282. The van der Waals surface area contributed by atoms with E-state index in [2.05, 4.69) is 21.2 Å². The number of benzene rings is 1. The summed E-state index contributed by atoms with van der Waals surface area (Å²) < 4.78 is 13.3. The average Bonchev–Trinajstić information content (AvgIpc) is 2.31. The van der Waals surface area contributed by atoms with Gasteiger partial charge in [-0.15, -0.1) is 0 Å². The molecule has 0 aliphatic carbocycles. The fourth-order valence-corrected chi connectivity index (χ4v) is 1.91. The third-order valence-corrected chi connectivity index (χ3v) is 3.31. The zero-order valence-corrected chi connectivity index (χ0v) is 12.2. The Balaban J connectivity index is 2.81. The molecule has 0 saturated carbocycles. The highest BCUT2D eigenvalue weighted by molar-refractivity contribution is 9.10. The first-order valence-corrected chi connectivity index (χ1v) is 6.58. The molecule has 0 heterocycles. The van der Waals surface area contributed by atoms with Gasteiger partial charge < -0.3 is 10.4 Å². The van der Waals surface area contributed by atoms with Crippen LogP contribution in [0.2, 0.25) is 0 Å². The molecule has 0 aliphatic rings. The van der Waals surface area contributed by atoms with Gasteiger partial charge in [0.05, 0.1) is 10.9 Å². The predicted octanol–water partition coefficient (Wildman–Crippen LogP) is 2.82. The predicted molar refractivity (Wildman–Crippen MR) is 72.4 cm³/mol. The van der Waals surface area contributed by atoms with Crippen LogP contribution >= 0.6 is 15.9 Å². The molecular weight excluding hydrogens is 317 g/mol. The molecule has 0 saturated heterocycles. The molecule has 0 radical (unpaired) electrons. The lowest BCUT2D eigenvalue weighted by molar-refractivity contribution is -0.137. The molecular formula is C13H15BrFNO3. The number of carbonyl (C=O) groups excluding carboxylic acids is 1. The minimum absolute atomic E-state index is 0.0102. The highest BCUT2D eigenvalue weighted by Crippen LogP contribution is 2.17. The van der Waals surface area contributed by atoms with Gasteiger partial charge in [-0.25, -0.2) is 4.39 Å². The fourth-order valence-electron chi connectivity index (χ4n) is 1.53. The molecule has 1 atom stereocenters. The van der Waals surface area contributed by atoms with Crippen molar-refractivity contribution in [2.24, 2.45) is 5.92 Å². The SMILES string of the molecule is CC(C)C(CC(=O)O)NC(=O)c1ccc(F)c(Br)c1. The molecule has 2 N–H and O–H groups in total. The van der Waals surface area contributed by atoms with Gasteiger partial charge in [-0.3, -0.25) is 9.59 Å². The number of halogens is 2. The van der Waals surface area contributed by atoms with E-state index in [9.17, 15) is 14.0 Å². The number of hydrogen-bond donors (Lipinski definition) is 2. The van der Waals surface area contributed by atoms with Crippen LogP contribution in [0.3, 0.4) is 0 Å². The van der Waals surface area contributed by atoms with Gasteiger partial charge in [-0.2, -0.15) is 0 Å². The second-order valence-electron chi connectivity index (χ2n) is 4.55. The van der Waals surface area contributed by atoms with Crippen LogP contribution in [-0.2, 0) is 4.79 Å². The molecule has 19 heavy (non-hydrogen) atoms. The van der Waals surface area contributed by atoms with Crippen molar-refractivity contribution in [3.8, 4) is 0 Å². The lowest BCUT2D eigenvalue weighted by Gasteiger charge is -2.20. The van der Waals surface area contributed by atoms with Crippen LogP contribution in [-0.4, -0.2) is 23.0 Å². The van der Waals surface area contributed by atoms with Crippen LogP contribution in [0.4, 0.5) is 4.39 Å². The largest absolute Gasteiger partial charge is 0.481 e. The van der Waals surface area contributed by atoms with Crippen molar-refractivity contribution < 1.29 is 19.1 Å². The maximum atomic E-state index is 13.1. The molecule has 1 unspecified atom stereocenters. The van der Waals surface area contributed by atoms with E-state index < -0.39 is 23.7 Å². The van der Waals surface area contributed by atoms with Crippen molar-refractivity contribution in [3.63, 3.8) is 0 Å². The van der Waals surface area contributed by atoms with E-state index in [0.29, 0.717) is 0 Å². The van der Waals surface area contributed by atoms with Crippen molar-refractivity contribution in [1.82, 2.24) is 5.32 Å². The normalized spacial score (nSPS) is 12.3. The minimum Gasteiger partial charge on any atom is -0.481 e. The van der Waals surface area contributed by atoms with E-state index >= 15 is 0 Å². The molecule has 0 aliphatic heterocycles. The van der Waals surface area contributed by atoms with Crippen LogP contribution < -0.4 is 5.32 Å². The Bertz CT molecular complexity index is 491. The molecule has 104 valence electrons. The number of rotatable bonds is 5. The first-order chi connectivity index (χ1) is 8.81. The summed E-state index contributed by atoms with van der Waals surface area (Å²) in [6.45, 7) is 3.66. The van der Waals surface area contributed by atoms with Crippen molar-refractivity contribution >= 4 is 27.8 Å². The number of aliphatic carboxylic acids is 1. The second-order valence-corrected chi connectivity index (χ2v) is 5.41. The highest BCUT2D eigenvalue weighted by Gasteiger charge is 2.20. The van der Waals surface area contributed by atoms with Gasteiger partial charge in [0.2, 0.25) is 0 Å². The summed E-state index contributed by atoms with van der Waals surface area (Å²) in [7, 11) is 0. The zero-order valence-electron chi connectivity index (χ0n) is 10.6. The Hall–Kier alpha value is -1.43. The van der Waals surface area contributed by atoms with Crippen LogP contribution in [0.1, 0.15) is 30.6 Å². The molecule has 4 nitrogen and oxygen atoms in total. The standard InChI is InChI=1S/C13H15BrFNO3/c1-7(2)11(6-12(17)18)16-13(19)8-3-4-10(15)9(14)5-8/h3-5,7,11H,6H2,1-2H3,(H,16,19)(H,17,18). The highest BCUT2D eigenvalue weighted by atomic mass is 79.9. The molecule has 0 fully saturated rings. The number of amides is 1. The number of carboxylic acid groups (broad SMARTS) is 1. The average molecular weight is 332 g/mol. The summed E-state index contributed by atoms with van der Waals surface area (Å²) >= 11 is 3.00. The molecule has 0 spiro atoms. The summed E-state index contributed by atoms with van der Waals surface area (Å²) in [4.78, 5) is 22.7. The fraction of sp³-hybridized carbons (Fsp3) is 0.385. The molecule has 0 aromatic heterocycles. The third kappa shape index (κ3) is 4.63. The van der Waals surface area contributed by atoms with Gasteiger partial charge in [-0.05, 0) is 40.0 Å². The maximum Gasteiger partial charge on any atom is 0.305 e. The molecule has 1 amide bonds. The summed E-state index contributed by atoms with van der Waals surface area (Å²) in [6, 6.07) is 3.44.